The van der Waals surface area contributed by atoms with E-state index in [1.807, 2.05) is 12.1 Å². The summed E-state index contributed by atoms with van der Waals surface area (Å²) in [6, 6.07) is 10.6. The molecular weight excluding hydrogens is 350 g/mol. The first kappa shape index (κ1) is 17.3. The fourth-order valence-corrected chi connectivity index (χ4v) is 4.22. The van der Waals surface area contributed by atoms with Gasteiger partial charge in [0.15, 0.2) is 11.4 Å². The van der Waals surface area contributed by atoms with Crippen molar-refractivity contribution >= 4 is 29.0 Å². The summed E-state index contributed by atoms with van der Waals surface area (Å²) >= 11 is 6.05. The van der Waals surface area contributed by atoms with Crippen molar-refractivity contribution in [2.75, 3.05) is 11.9 Å². The molecule has 26 heavy (non-hydrogen) atoms. The topological polar surface area (TPSA) is 57.6 Å². The number of aryl methyl sites for hydroxylation is 2. The summed E-state index contributed by atoms with van der Waals surface area (Å²) in [6.07, 6.45) is 4.04. The highest BCUT2D eigenvalue weighted by Crippen LogP contribution is 2.43. The van der Waals surface area contributed by atoms with Gasteiger partial charge in [0.2, 0.25) is 0 Å². The van der Waals surface area contributed by atoms with E-state index in [4.69, 9.17) is 11.6 Å². The van der Waals surface area contributed by atoms with Crippen LogP contribution in [-0.4, -0.2) is 23.8 Å². The standard InChI is InChI=1S/C21H20ClNO3/c1-23-18-9-8-16(22)11-17(18)21(26,20(23)25)12-19(24)15-7-6-13-4-2-3-5-14(13)10-15/h6-11,26H,2-5,12H2,1H3/t21-/m1/s1. The van der Waals surface area contributed by atoms with Gasteiger partial charge in [-0.1, -0.05) is 23.7 Å². The molecule has 2 aromatic carbocycles. The SMILES string of the molecule is CN1C(=O)[C@@](O)(CC(=O)c2ccc3c(c2)CCCC3)c2cc(Cl)ccc21. The normalized spacial score (nSPS) is 21.5. The Morgan fingerprint density at radius 3 is 2.65 bits per heavy atom. The summed E-state index contributed by atoms with van der Waals surface area (Å²) in [5.41, 5.74) is 2.14. The lowest BCUT2D eigenvalue weighted by atomic mass is 9.85. The van der Waals surface area contributed by atoms with Gasteiger partial charge in [-0.2, -0.15) is 0 Å². The van der Waals surface area contributed by atoms with E-state index in [1.54, 1.807) is 31.3 Å². The Labute approximate surface area is 157 Å². The molecule has 0 unspecified atom stereocenters. The molecule has 1 atom stereocenters. The first-order valence-corrected chi connectivity index (χ1v) is 9.23. The number of carbonyl (C=O) groups excluding carboxylic acids is 2. The van der Waals surface area contributed by atoms with E-state index in [1.165, 1.54) is 22.4 Å². The lowest BCUT2D eigenvalue weighted by Crippen LogP contribution is -2.40. The van der Waals surface area contributed by atoms with E-state index in [2.05, 4.69) is 0 Å². The maximum absolute atomic E-state index is 12.9. The number of hydrogen-bond acceptors (Lipinski definition) is 3. The first-order valence-electron chi connectivity index (χ1n) is 8.86. The second-order valence-electron chi connectivity index (χ2n) is 7.18. The number of hydrogen-bond donors (Lipinski definition) is 1. The molecule has 1 aliphatic heterocycles. The molecule has 2 aromatic rings. The van der Waals surface area contributed by atoms with E-state index < -0.39 is 11.5 Å². The van der Waals surface area contributed by atoms with E-state index >= 15 is 0 Å². The minimum atomic E-state index is -1.87. The van der Waals surface area contributed by atoms with Gasteiger partial charge in [-0.05, 0) is 61.1 Å². The number of fused-ring (bicyclic) bond motifs is 2. The van der Waals surface area contributed by atoms with E-state index in [0.29, 0.717) is 21.8 Å². The quantitative estimate of drug-likeness (QED) is 0.840. The number of aliphatic hydroxyl groups is 1. The highest BCUT2D eigenvalue weighted by atomic mass is 35.5. The molecule has 4 rings (SSSR count). The zero-order valence-corrected chi connectivity index (χ0v) is 15.3. The van der Waals surface area contributed by atoms with Crippen molar-refractivity contribution in [1.82, 2.24) is 0 Å². The van der Waals surface area contributed by atoms with Crippen LogP contribution in [0.1, 0.15) is 46.3 Å². The average Bonchev–Trinajstić information content (AvgIpc) is 2.82. The van der Waals surface area contributed by atoms with Crippen LogP contribution in [0.5, 0.6) is 0 Å². The molecule has 1 amide bonds. The van der Waals surface area contributed by atoms with Crippen molar-refractivity contribution in [2.24, 2.45) is 0 Å². The molecule has 0 fully saturated rings. The number of anilines is 1. The van der Waals surface area contributed by atoms with Crippen molar-refractivity contribution in [2.45, 2.75) is 37.7 Å². The fraction of sp³-hybridized carbons (Fsp3) is 0.333. The molecule has 1 N–H and O–H groups in total. The van der Waals surface area contributed by atoms with Crippen LogP contribution >= 0.6 is 11.6 Å². The van der Waals surface area contributed by atoms with Gasteiger partial charge >= 0.3 is 0 Å². The monoisotopic (exact) mass is 369 g/mol. The molecule has 0 saturated carbocycles. The van der Waals surface area contributed by atoms with Gasteiger partial charge in [0.25, 0.3) is 5.91 Å². The van der Waals surface area contributed by atoms with Crippen molar-refractivity contribution in [1.29, 1.82) is 0 Å². The van der Waals surface area contributed by atoms with E-state index in [-0.39, 0.29) is 12.2 Å². The molecule has 0 aromatic heterocycles. The minimum Gasteiger partial charge on any atom is -0.375 e. The van der Waals surface area contributed by atoms with Crippen molar-refractivity contribution in [3.8, 4) is 0 Å². The van der Waals surface area contributed by atoms with Gasteiger partial charge in [0, 0.05) is 23.2 Å². The van der Waals surface area contributed by atoms with Gasteiger partial charge in [-0.25, -0.2) is 0 Å². The smallest absolute Gasteiger partial charge is 0.263 e. The fourth-order valence-electron chi connectivity index (χ4n) is 4.05. The van der Waals surface area contributed by atoms with Crippen molar-refractivity contribution in [3.05, 3.63) is 63.7 Å². The zero-order valence-electron chi connectivity index (χ0n) is 14.6. The third-order valence-corrected chi connectivity index (χ3v) is 5.75. The lowest BCUT2D eigenvalue weighted by molar-refractivity contribution is -0.135. The number of nitrogens with zero attached hydrogens (tertiary/aromatic N) is 1. The summed E-state index contributed by atoms with van der Waals surface area (Å²) < 4.78 is 0. The molecular formula is C21H20ClNO3. The summed E-state index contributed by atoms with van der Waals surface area (Å²) in [5.74, 6) is -0.739. The lowest BCUT2D eigenvalue weighted by Gasteiger charge is -2.22. The van der Waals surface area contributed by atoms with Crippen LogP contribution in [0, 0.1) is 0 Å². The zero-order chi connectivity index (χ0) is 18.5. The summed E-state index contributed by atoms with van der Waals surface area (Å²) in [5, 5.41) is 11.5. The number of Topliss-reactive ketones (excluding diaryl/α,β-unsaturated/α-hetero) is 1. The van der Waals surface area contributed by atoms with E-state index in [0.717, 1.165) is 19.3 Å². The van der Waals surface area contributed by atoms with Crippen LogP contribution in [0.25, 0.3) is 0 Å². The maximum Gasteiger partial charge on any atom is 0.263 e. The van der Waals surface area contributed by atoms with Crippen molar-refractivity contribution in [3.63, 3.8) is 0 Å². The second-order valence-corrected chi connectivity index (χ2v) is 7.61. The molecule has 5 heteroatoms. The summed E-state index contributed by atoms with van der Waals surface area (Å²) in [4.78, 5) is 26.9. The molecule has 0 saturated heterocycles. The average molecular weight is 370 g/mol. The highest BCUT2D eigenvalue weighted by Gasteiger charge is 2.49. The number of carbonyl (C=O) groups is 2. The molecule has 134 valence electrons. The van der Waals surface area contributed by atoms with Gasteiger partial charge in [-0.3, -0.25) is 9.59 Å². The number of benzene rings is 2. The Balaban J connectivity index is 1.67. The minimum absolute atomic E-state index is 0.240. The van der Waals surface area contributed by atoms with Crippen LogP contribution in [0.15, 0.2) is 36.4 Å². The number of halogens is 1. The van der Waals surface area contributed by atoms with Gasteiger partial charge in [0.05, 0.1) is 12.1 Å². The Morgan fingerprint density at radius 2 is 1.88 bits per heavy atom. The molecule has 1 heterocycles. The third kappa shape index (κ3) is 2.65. The predicted octanol–water partition coefficient (Wildman–Crippen LogP) is 3.66. The second kappa shape index (κ2) is 6.22. The molecule has 0 radical (unpaired) electrons. The van der Waals surface area contributed by atoms with Crippen LogP contribution in [-0.2, 0) is 23.2 Å². The van der Waals surface area contributed by atoms with Crippen LogP contribution in [0.3, 0.4) is 0 Å². The van der Waals surface area contributed by atoms with Gasteiger partial charge < -0.3 is 10.0 Å². The Bertz CT molecular complexity index is 923. The van der Waals surface area contributed by atoms with Gasteiger partial charge in [-0.15, -0.1) is 0 Å². The number of rotatable bonds is 3. The first-order chi connectivity index (χ1) is 12.4. The summed E-state index contributed by atoms with van der Waals surface area (Å²) in [7, 11) is 1.59. The van der Waals surface area contributed by atoms with E-state index in [9.17, 15) is 14.7 Å². The maximum atomic E-state index is 12.9. The van der Waals surface area contributed by atoms with Crippen LogP contribution in [0.2, 0.25) is 5.02 Å². The summed E-state index contributed by atoms with van der Waals surface area (Å²) in [6.45, 7) is 0. The number of ketones is 1. The Hall–Kier alpha value is -2.17. The number of amides is 1. The predicted molar refractivity (Wildman–Crippen MR) is 101 cm³/mol. The Morgan fingerprint density at radius 1 is 1.15 bits per heavy atom. The van der Waals surface area contributed by atoms with Crippen LogP contribution in [0.4, 0.5) is 5.69 Å². The molecule has 2 aliphatic rings. The molecule has 0 spiro atoms. The van der Waals surface area contributed by atoms with Gasteiger partial charge in [0.1, 0.15) is 0 Å². The third-order valence-electron chi connectivity index (χ3n) is 5.51. The highest BCUT2D eigenvalue weighted by molar-refractivity contribution is 6.31. The number of likely N-dealkylation sites (N-methyl/N-ethyl adjacent to an activating group) is 1. The van der Waals surface area contributed by atoms with Crippen LogP contribution < -0.4 is 4.90 Å². The largest absolute Gasteiger partial charge is 0.375 e. The molecule has 0 bridgehead atoms. The Kier molecular flexibility index (Phi) is 4.13. The molecule has 4 nitrogen and oxygen atoms in total. The molecule has 1 aliphatic carbocycles. The van der Waals surface area contributed by atoms with Crippen molar-refractivity contribution < 1.29 is 14.7 Å².